The smallest absolute Gasteiger partial charge is 0.436 e. The summed E-state index contributed by atoms with van der Waals surface area (Å²) in [5.41, 5.74) is -0.583. The van der Waals surface area contributed by atoms with E-state index in [1.807, 2.05) is 6.92 Å². The lowest BCUT2D eigenvalue weighted by atomic mass is 9.74. The van der Waals surface area contributed by atoms with E-state index in [0.717, 1.165) is 31.5 Å². The van der Waals surface area contributed by atoms with Crippen molar-refractivity contribution in [1.29, 1.82) is 0 Å². The van der Waals surface area contributed by atoms with Crippen molar-refractivity contribution in [2.75, 3.05) is 6.61 Å². The van der Waals surface area contributed by atoms with E-state index in [1.165, 1.54) is 0 Å². The molecule has 16 heavy (non-hydrogen) atoms. The number of hydrogen-bond acceptors (Lipinski definition) is 3. The van der Waals surface area contributed by atoms with Crippen molar-refractivity contribution < 1.29 is 19.1 Å². The highest BCUT2D eigenvalue weighted by molar-refractivity contribution is 5.96. The molecule has 4 nitrogen and oxygen atoms in total. The summed E-state index contributed by atoms with van der Waals surface area (Å²) in [5.74, 6) is -0.218. The van der Waals surface area contributed by atoms with Gasteiger partial charge in [-0.25, -0.2) is 9.22 Å². The van der Waals surface area contributed by atoms with Crippen LogP contribution in [0.2, 0.25) is 0 Å². The summed E-state index contributed by atoms with van der Waals surface area (Å²) < 4.78 is 10.2. The molecule has 2 rings (SSSR count). The largest absolute Gasteiger partial charge is 0.868 e. The van der Waals surface area contributed by atoms with Crippen LogP contribution in [0.5, 0.6) is 0 Å². The van der Waals surface area contributed by atoms with E-state index < -0.39 is 11.4 Å². The second-order valence-corrected chi connectivity index (χ2v) is 4.44. The molecule has 0 amide bonds. The number of ketones is 1. The fourth-order valence-electron chi connectivity index (χ4n) is 2.33. The monoisotopic (exact) mass is 224 g/mol. The molecule has 1 atom stereocenters. The first-order valence-electron chi connectivity index (χ1n) is 5.72. The molecule has 0 saturated heterocycles. The highest BCUT2D eigenvalue weighted by Gasteiger charge is 2.51. The summed E-state index contributed by atoms with van der Waals surface area (Å²) in [5, 5.41) is 12.1. The number of ether oxygens (including phenoxy) is 1. The predicted molar refractivity (Wildman–Crippen MR) is 55.2 cm³/mol. The molecule has 1 unspecified atom stereocenters. The zero-order valence-electron chi connectivity index (χ0n) is 9.67. The van der Waals surface area contributed by atoms with Crippen molar-refractivity contribution in [2.45, 2.75) is 39.5 Å². The van der Waals surface area contributed by atoms with Gasteiger partial charge in [0.2, 0.25) is 0 Å². The Bertz CT molecular complexity index is 380. The predicted octanol–water partition coefficient (Wildman–Crippen LogP) is 0.820. The van der Waals surface area contributed by atoms with E-state index in [9.17, 15) is 9.90 Å². The summed E-state index contributed by atoms with van der Waals surface area (Å²) in [6.07, 6.45) is 3.56. The van der Waals surface area contributed by atoms with Crippen molar-refractivity contribution in [3.8, 4) is 0 Å². The van der Waals surface area contributed by atoms with Gasteiger partial charge in [-0.1, -0.05) is 6.42 Å². The Morgan fingerprint density at radius 2 is 2.31 bits per heavy atom. The zero-order valence-corrected chi connectivity index (χ0v) is 9.67. The number of fused-ring (bicyclic) bond motifs is 1. The number of allylic oxidation sites excluding steroid dienone is 1. The van der Waals surface area contributed by atoms with E-state index in [0.29, 0.717) is 0 Å². The molecule has 1 aliphatic heterocycles. The minimum absolute atomic E-state index is 0.124. The third-order valence-corrected chi connectivity index (χ3v) is 3.34. The van der Waals surface area contributed by atoms with Gasteiger partial charge in [-0.3, -0.25) is 0 Å². The van der Waals surface area contributed by atoms with Crippen molar-refractivity contribution in [1.82, 2.24) is 0 Å². The maximum Gasteiger partial charge on any atom is 0.436 e. The van der Waals surface area contributed by atoms with Crippen LogP contribution in [0.3, 0.4) is 0 Å². The topological polar surface area (TPSA) is 60.7 Å². The first kappa shape index (κ1) is 11.2. The molecule has 0 N–H and O–H groups in total. The van der Waals surface area contributed by atoms with Crippen LogP contribution in [0.25, 0.3) is 0 Å². The first-order chi connectivity index (χ1) is 7.59. The van der Waals surface area contributed by atoms with Crippen LogP contribution in [0.15, 0.2) is 11.5 Å². The highest BCUT2D eigenvalue weighted by Crippen LogP contribution is 2.42. The molecule has 1 aliphatic carbocycles. The average Bonchev–Trinajstić information content (AvgIpc) is 2.53. The van der Waals surface area contributed by atoms with Crippen LogP contribution in [-0.2, 0) is 14.0 Å². The van der Waals surface area contributed by atoms with E-state index in [1.54, 1.807) is 6.92 Å². The van der Waals surface area contributed by atoms with E-state index >= 15 is 0 Å². The number of rotatable bonds is 2. The second kappa shape index (κ2) is 3.92. The maximum absolute atomic E-state index is 12.1. The molecule has 2 aliphatic rings. The Balaban J connectivity index is 2.32. The third-order valence-electron chi connectivity index (χ3n) is 3.34. The summed E-state index contributed by atoms with van der Waals surface area (Å²) >= 11 is 0. The molecule has 0 spiro atoms. The molecular formula is C12H16O4. The average molecular weight is 224 g/mol. The Labute approximate surface area is 94.6 Å². The molecule has 4 heteroatoms. The van der Waals surface area contributed by atoms with Crippen LogP contribution in [0, 0.1) is 5.41 Å². The Kier molecular flexibility index (Phi) is 2.74. The SMILES string of the molecule is CCOC(=O)C1=C([O-])C2(C)CCCCC2=[O+]1. The maximum atomic E-state index is 12.1. The fraction of sp³-hybridized carbons (Fsp3) is 0.667. The molecule has 0 bridgehead atoms. The van der Waals surface area contributed by atoms with E-state index in [4.69, 9.17) is 9.16 Å². The van der Waals surface area contributed by atoms with E-state index in [2.05, 4.69) is 0 Å². The van der Waals surface area contributed by atoms with Gasteiger partial charge in [0, 0.05) is 5.76 Å². The molecule has 1 saturated carbocycles. The van der Waals surface area contributed by atoms with Gasteiger partial charge in [0.1, 0.15) is 0 Å². The van der Waals surface area contributed by atoms with Crippen LogP contribution >= 0.6 is 0 Å². The molecular weight excluding hydrogens is 208 g/mol. The number of carbonyl (C=O) groups is 1. The molecule has 0 aromatic rings. The fourth-order valence-corrected chi connectivity index (χ4v) is 2.33. The number of esters is 1. The molecule has 0 radical (unpaired) electrons. The minimum atomic E-state index is -0.629. The standard InChI is InChI=1S/C12H16O4/c1-3-15-11(14)9-10(13)12(2)7-5-4-6-8(12)16-9/h3-7H2,1-2H3. The first-order valence-corrected chi connectivity index (χ1v) is 5.72. The Morgan fingerprint density at radius 1 is 1.56 bits per heavy atom. The van der Waals surface area contributed by atoms with Gasteiger partial charge >= 0.3 is 17.5 Å². The van der Waals surface area contributed by atoms with Gasteiger partial charge in [0.15, 0.2) is 0 Å². The summed E-state index contributed by atoms with van der Waals surface area (Å²) in [6.45, 7) is 3.82. The van der Waals surface area contributed by atoms with Crippen LogP contribution in [0.1, 0.15) is 39.5 Å². The molecule has 1 heterocycles. The van der Waals surface area contributed by atoms with Gasteiger partial charge in [0.25, 0.3) is 0 Å². The van der Waals surface area contributed by atoms with Crippen LogP contribution < -0.4 is 5.11 Å². The lowest BCUT2D eigenvalue weighted by Crippen LogP contribution is -2.35. The van der Waals surface area contributed by atoms with Gasteiger partial charge in [-0.15, -0.1) is 0 Å². The third kappa shape index (κ3) is 1.52. The van der Waals surface area contributed by atoms with Gasteiger partial charge in [-0.05, 0) is 26.7 Å². The Hall–Kier alpha value is -1.32. The van der Waals surface area contributed by atoms with Crippen LogP contribution in [-0.4, -0.2) is 18.4 Å². The van der Waals surface area contributed by atoms with Crippen molar-refractivity contribution in [3.63, 3.8) is 0 Å². The second-order valence-electron chi connectivity index (χ2n) is 4.44. The Morgan fingerprint density at radius 3 is 2.94 bits per heavy atom. The lowest BCUT2D eigenvalue weighted by molar-refractivity contribution is -0.405. The summed E-state index contributed by atoms with van der Waals surface area (Å²) in [7, 11) is 0. The highest BCUT2D eigenvalue weighted by atomic mass is 16.6. The number of hydrogen-bond donors (Lipinski definition) is 0. The van der Waals surface area contributed by atoms with Crippen molar-refractivity contribution in [3.05, 3.63) is 11.5 Å². The van der Waals surface area contributed by atoms with Crippen molar-refractivity contribution in [2.24, 2.45) is 5.41 Å². The lowest BCUT2D eigenvalue weighted by Gasteiger charge is -2.28. The van der Waals surface area contributed by atoms with Gasteiger partial charge in [-0.2, -0.15) is 0 Å². The summed E-state index contributed by atoms with van der Waals surface area (Å²) in [6, 6.07) is 0. The molecule has 1 fully saturated rings. The van der Waals surface area contributed by atoms with Gasteiger partial charge < -0.3 is 9.84 Å². The summed E-state index contributed by atoms with van der Waals surface area (Å²) in [4.78, 5) is 11.5. The molecule has 0 aromatic heterocycles. The quantitative estimate of drug-likeness (QED) is 0.515. The number of carbonyl (C=O) groups excluding carboxylic acids is 2. The zero-order chi connectivity index (χ0) is 11.8. The van der Waals surface area contributed by atoms with E-state index in [-0.39, 0.29) is 18.1 Å². The van der Waals surface area contributed by atoms with Crippen LogP contribution in [0.4, 0.5) is 0 Å². The van der Waals surface area contributed by atoms with Gasteiger partial charge in [0.05, 0.1) is 18.4 Å². The molecule has 0 aromatic carbocycles. The van der Waals surface area contributed by atoms with Crippen molar-refractivity contribution >= 4 is 11.8 Å². The minimum Gasteiger partial charge on any atom is -0.868 e. The normalized spacial score (nSPS) is 28.8. The molecule has 88 valence electrons.